The van der Waals surface area contributed by atoms with Crippen LogP contribution in [-0.2, 0) is 16.0 Å². The van der Waals surface area contributed by atoms with Gasteiger partial charge in [-0.05, 0) is 36.1 Å². The maximum absolute atomic E-state index is 13.2. The Kier molecular flexibility index (Phi) is 4.73. The molecule has 2 aromatic rings. The third-order valence-electron chi connectivity index (χ3n) is 2.85. The second kappa shape index (κ2) is 6.52. The molecule has 0 saturated carbocycles. The van der Waals surface area contributed by atoms with Gasteiger partial charge in [0.2, 0.25) is 0 Å². The van der Waals surface area contributed by atoms with Crippen molar-refractivity contribution in [2.45, 2.75) is 13.0 Å². The Balaban J connectivity index is 1.86. The number of ether oxygens (including phenoxy) is 2. The molecular formula is C14H18FNO2. The van der Waals surface area contributed by atoms with Crippen LogP contribution in [0.4, 0.5) is 4.39 Å². The topological polar surface area (TPSA) is 23.4 Å². The third kappa shape index (κ3) is 3.31. The lowest BCUT2D eigenvalue weighted by Crippen LogP contribution is -2.07. The van der Waals surface area contributed by atoms with Gasteiger partial charge in [-0.25, -0.2) is 4.39 Å². The van der Waals surface area contributed by atoms with Gasteiger partial charge in [-0.3, -0.25) is 0 Å². The molecule has 2 rings (SSSR count). The van der Waals surface area contributed by atoms with Crippen LogP contribution in [0.15, 0.2) is 30.5 Å². The second-order valence-electron chi connectivity index (χ2n) is 4.17. The van der Waals surface area contributed by atoms with Crippen molar-refractivity contribution in [2.75, 3.05) is 26.9 Å². The second-order valence-corrected chi connectivity index (χ2v) is 4.17. The van der Waals surface area contributed by atoms with Gasteiger partial charge in [-0.15, -0.1) is 0 Å². The number of hydrogen-bond donors (Lipinski definition) is 0. The molecule has 4 heteroatoms. The van der Waals surface area contributed by atoms with Crippen LogP contribution in [0.3, 0.4) is 0 Å². The number of benzene rings is 1. The van der Waals surface area contributed by atoms with E-state index in [0.29, 0.717) is 13.2 Å². The van der Waals surface area contributed by atoms with E-state index in [1.54, 1.807) is 19.2 Å². The first-order valence-corrected chi connectivity index (χ1v) is 6.12. The lowest BCUT2D eigenvalue weighted by molar-refractivity contribution is 0.0982. The molecule has 0 aliphatic rings. The van der Waals surface area contributed by atoms with Crippen LogP contribution in [0.2, 0.25) is 0 Å². The summed E-state index contributed by atoms with van der Waals surface area (Å²) < 4.78 is 25.6. The molecular weight excluding hydrogens is 233 g/mol. The fourth-order valence-corrected chi connectivity index (χ4v) is 1.92. The van der Waals surface area contributed by atoms with Crippen LogP contribution >= 0.6 is 0 Å². The molecule has 0 spiro atoms. The molecule has 98 valence electrons. The zero-order valence-electron chi connectivity index (χ0n) is 10.6. The molecule has 18 heavy (non-hydrogen) atoms. The zero-order valence-corrected chi connectivity index (χ0v) is 10.6. The van der Waals surface area contributed by atoms with Gasteiger partial charge in [0.25, 0.3) is 0 Å². The standard InChI is InChI=1S/C14H18FNO2/c1-17-8-2-9-18-10-7-16-6-5-12-3-4-13(15)11-14(12)16/h3-6,11H,2,7-10H2,1H3. The van der Waals surface area contributed by atoms with E-state index in [1.165, 1.54) is 6.07 Å². The van der Waals surface area contributed by atoms with Crippen molar-refractivity contribution in [1.82, 2.24) is 4.57 Å². The lowest BCUT2D eigenvalue weighted by atomic mass is 10.2. The van der Waals surface area contributed by atoms with E-state index in [1.807, 2.05) is 16.8 Å². The van der Waals surface area contributed by atoms with Crippen LogP contribution in [0, 0.1) is 5.82 Å². The summed E-state index contributed by atoms with van der Waals surface area (Å²) in [6, 6.07) is 6.81. The molecule has 0 amide bonds. The van der Waals surface area contributed by atoms with Gasteiger partial charge < -0.3 is 14.0 Å². The van der Waals surface area contributed by atoms with Crippen LogP contribution in [0.1, 0.15) is 6.42 Å². The first-order chi connectivity index (χ1) is 8.81. The van der Waals surface area contributed by atoms with E-state index in [4.69, 9.17) is 9.47 Å². The van der Waals surface area contributed by atoms with Gasteiger partial charge in [0.05, 0.1) is 12.1 Å². The maximum atomic E-state index is 13.2. The molecule has 1 heterocycles. The van der Waals surface area contributed by atoms with Gasteiger partial charge in [0.1, 0.15) is 5.82 Å². The molecule has 0 aliphatic heterocycles. The molecule has 0 unspecified atom stereocenters. The summed E-state index contributed by atoms with van der Waals surface area (Å²) in [5.41, 5.74) is 0.912. The number of nitrogens with zero attached hydrogens (tertiary/aromatic N) is 1. The van der Waals surface area contributed by atoms with Crippen molar-refractivity contribution in [1.29, 1.82) is 0 Å². The van der Waals surface area contributed by atoms with Gasteiger partial charge in [0, 0.05) is 33.1 Å². The predicted molar refractivity (Wildman–Crippen MR) is 69.2 cm³/mol. The summed E-state index contributed by atoms with van der Waals surface area (Å²) in [5.74, 6) is -0.205. The minimum Gasteiger partial charge on any atom is -0.385 e. The number of halogens is 1. The molecule has 0 fully saturated rings. The fraction of sp³-hybridized carbons (Fsp3) is 0.429. The Morgan fingerprint density at radius 2 is 2.06 bits per heavy atom. The lowest BCUT2D eigenvalue weighted by Gasteiger charge is -2.07. The average molecular weight is 251 g/mol. The van der Waals surface area contributed by atoms with E-state index in [2.05, 4.69) is 0 Å². The molecule has 3 nitrogen and oxygen atoms in total. The predicted octanol–water partition coefficient (Wildman–Crippen LogP) is 2.83. The van der Waals surface area contributed by atoms with Crippen LogP contribution in [0.5, 0.6) is 0 Å². The summed E-state index contributed by atoms with van der Waals surface area (Å²) in [7, 11) is 1.68. The number of aromatic nitrogens is 1. The monoisotopic (exact) mass is 251 g/mol. The van der Waals surface area contributed by atoms with Gasteiger partial charge in [-0.1, -0.05) is 0 Å². The fourth-order valence-electron chi connectivity index (χ4n) is 1.92. The van der Waals surface area contributed by atoms with Crippen molar-refractivity contribution in [2.24, 2.45) is 0 Å². The minimum absolute atomic E-state index is 0.205. The smallest absolute Gasteiger partial charge is 0.125 e. The largest absolute Gasteiger partial charge is 0.385 e. The van der Waals surface area contributed by atoms with Gasteiger partial charge in [0.15, 0.2) is 0 Å². The average Bonchev–Trinajstić information content (AvgIpc) is 2.76. The molecule has 1 aromatic heterocycles. The molecule has 0 bridgehead atoms. The summed E-state index contributed by atoms with van der Waals surface area (Å²) in [5, 5.41) is 1.05. The quantitative estimate of drug-likeness (QED) is 0.706. The van der Waals surface area contributed by atoms with E-state index >= 15 is 0 Å². The normalized spacial score (nSPS) is 11.2. The Morgan fingerprint density at radius 3 is 2.89 bits per heavy atom. The van der Waals surface area contributed by atoms with Crippen molar-refractivity contribution in [3.05, 3.63) is 36.3 Å². The van der Waals surface area contributed by atoms with E-state index in [0.717, 1.165) is 30.5 Å². The van der Waals surface area contributed by atoms with E-state index in [9.17, 15) is 4.39 Å². The highest BCUT2D eigenvalue weighted by atomic mass is 19.1. The Morgan fingerprint density at radius 1 is 1.17 bits per heavy atom. The van der Waals surface area contributed by atoms with Gasteiger partial charge in [-0.2, -0.15) is 0 Å². The van der Waals surface area contributed by atoms with Crippen molar-refractivity contribution >= 4 is 10.9 Å². The molecule has 1 aromatic carbocycles. The number of rotatable bonds is 7. The van der Waals surface area contributed by atoms with Gasteiger partial charge >= 0.3 is 0 Å². The molecule has 0 radical (unpaired) electrons. The highest BCUT2D eigenvalue weighted by Crippen LogP contribution is 2.16. The zero-order chi connectivity index (χ0) is 12.8. The van der Waals surface area contributed by atoms with Crippen molar-refractivity contribution in [3.8, 4) is 0 Å². The SMILES string of the molecule is COCCCOCCn1ccc2ccc(F)cc21. The summed E-state index contributed by atoms with van der Waals surface area (Å²) in [4.78, 5) is 0. The summed E-state index contributed by atoms with van der Waals surface area (Å²) >= 11 is 0. The van der Waals surface area contributed by atoms with Crippen molar-refractivity contribution in [3.63, 3.8) is 0 Å². The Bertz CT molecular complexity index is 495. The molecule has 0 N–H and O–H groups in total. The van der Waals surface area contributed by atoms with Crippen LogP contribution in [0.25, 0.3) is 10.9 Å². The minimum atomic E-state index is -0.205. The van der Waals surface area contributed by atoms with E-state index < -0.39 is 0 Å². The summed E-state index contributed by atoms with van der Waals surface area (Å²) in [6.45, 7) is 2.78. The highest BCUT2D eigenvalue weighted by molar-refractivity contribution is 5.80. The summed E-state index contributed by atoms with van der Waals surface area (Å²) in [6.07, 6.45) is 2.86. The van der Waals surface area contributed by atoms with Crippen LogP contribution in [-0.4, -0.2) is 31.5 Å². The Labute approximate surface area is 106 Å². The number of fused-ring (bicyclic) bond motifs is 1. The molecule has 0 atom stereocenters. The number of hydrogen-bond acceptors (Lipinski definition) is 2. The Hall–Kier alpha value is -1.39. The maximum Gasteiger partial charge on any atom is 0.125 e. The molecule has 0 aliphatic carbocycles. The first-order valence-electron chi connectivity index (χ1n) is 6.12. The highest BCUT2D eigenvalue weighted by Gasteiger charge is 2.02. The van der Waals surface area contributed by atoms with Crippen molar-refractivity contribution < 1.29 is 13.9 Å². The third-order valence-corrected chi connectivity index (χ3v) is 2.85. The molecule has 0 saturated heterocycles. The van der Waals surface area contributed by atoms with E-state index in [-0.39, 0.29) is 5.82 Å². The van der Waals surface area contributed by atoms with Crippen LogP contribution < -0.4 is 0 Å². The number of methoxy groups -OCH3 is 1. The first kappa shape index (κ1) is 13.1.